The summed E-state index contributed by atoms with van der Waals surface area (Å²) in [6.45, 7) is 2.16. The molecule has 0 amide bonds. The fourth-order valence-corrected chi connectivity index (χ4v) is 1.65. The van der Waals surface area contributed by atoms with Gasteiger partial charge < -0.3 is 16.2 Å². The van der Waals surface area contributed by atoms with Crippen LogP contribution in [0.25, 0.3) is 0 Å². The summed E-state index contributed by atoms with van der Waals surface area (Å²) in [4.78, 5) is 0. The van der Waals surface area contributed by atoms with Gasteiger partial charge in [-0.15, -0.1) is 0 Å². The summed E-state index contributed by atoms with van der Waals surface area (Å²) >= 11 is 0. The van der Waals surface area contributed by atoms with E-state index in [1.165, 1.54) is 5.57 Å². The van der Waals surface area contributed by atoms with Crippen molar-refractivity contribution < 1.29 is 5.11 Å². The van der Waals surface area contributed by atoms with Gasteiger partial charge in [0.2, 0.25) is 0 Å². The molecule has 0 bridgehead atoms. The lowest BCUT2D eigenvalue weighted by atomic mass is 9.87. The largest absolute Gasteiger partial charge is 0.402 e. The van der Waals surface area contributed by atoms with E-state index in [1.54, 1.807) is 0 Å². The highest BCUT2D eigenvalue weighted by Crippen LogP contribution is 2.27. The van der Waals surface area contributed by atoms with Crippen molar-refractivity contribution in [2.45, 2.75) is 13.3 Å². The van der Waals surface area contributed by atoms with Crippen molar-refractivity contribution in [1.82, 2.24) is 5.32 Å². The van der Waals surface area contributed by atoms with Gasteiger partial charge in [-0.3, -0.25) is 0 Å². The minimum absolute atomic E-state index is 0.118. The number of rotatable bonds is 3. The van der Waals surface area contributed by atoms with Gasteiger partial charge in [0.25, 0.3) is 0 Å². The second-order valence-corrected chi connectivity index (χ2v) is 3.58. The molecule has 0 spiro atoms. The predicted octanol–water partition coefficient (Wildman–Crippen LogP) is 0.891. The van der Waals surface area contributed by atoms with Gasteiger partial charge in [-0.1, -0.05) is 6.08 Å². The summed E-state index contributed by atoms with van der Waals surface area (Å²) in [7, 11) is 1.87. The van der Waals surface area contributed by atoms with Crippen LogP contribution in [0.2, 0.25) is 0 Å². The first-order chi connectivity index (χ1) is 6.69. The van der Waals surface area contributed by atoms with Crippen LogP contribution in [-0.4, -0.2) is 18.8 Å². The Bertz CT molecular complexity index is 290. The van der Waals surface area contributed by atoms with Crippen molar-refractivity contribution in [3.8, 4) is 0 Å². The van der Waals surface area contributed by atoms with E-state index < -0.39 is 0 Å². The lowest BCUT2D eigenvalue weighted by Gasteiger charge is -2.22. The molecule has 4 N–H and O–H groups in total. The molecule has 0 saturated carbocycles. The van der Waals surface area contributed by atoms with Crippen LogP contribution in [-0.2, 0) is 0 Å². The average molecular weight is 194 g/mol. The maximum Gasteiger partial charge on any atom is 0.0645 e. The normalized spacial score (nSPS) is 22.8. The monoisotopic (exact) mass is 194 g/mol. The van der Waals surface area contributed by atoms with E-state index in [0.29, 0.717) is 0 Å². The van der Waals surface area contributed by atoms with Crippen LogP contribution in [0.4, 0.5) is 0 Å². The SMILES string of the molecule is CN/C=C(\C)C1CC(CO)=CC=C1N. The summed E-state index contributed by atoms with van der Waals surface area (Å²) in [6.07, 6.45) is 6.56. The number of hydrogen-bond acceptors (Lipinski definition) is 3. The van der Waals surface area contributed by atoms with E-state index in [2.05, 4.69) is 5.32 Å². The third kappa shape index (κ3) is 2.39. The number of nitrogens with two attached hydrogens (primary N) is 1. The highest BCUT2D eigenvalue weighted by Gasteiger charge is 2.18. The Morgan fingerprint density at radius 1 is 1.71 bits per heavy atom. The summed E-state index contributed by atoms with van der Waals surface area (Å²) in [5, 5.41) is 12.0. The van der Waals surface area contributed by atoms with Crippen molar-refractivity contribution >= 4 is 0 Å². The molecule has 3 heteroatoms. The van der Waals surface area contributed by atoms with Crippen molar-refractivity contribution in [3.63, 3.8) is 0 Å². The second kappa shape index (κ2) is 4.86. The van der Waals surface area contributed by atoms with Gasteiger partial charge in [0, 0.05) is 18.7 Å². The van der Waals surface area contributed by atoms with Crippen LogP contribution >= 0.6 is 0 Å². The van der Waals surface area contributed by atoms with Crippen LogP contribution in [0.15, 0.2) is 35.2 Å². The molecule has 0 aliphatic heterocycles. The molecule has 1 aliphatic rings. The first-order valence-electron chi connectivity index (χ1n) is 4.79. The standard InChI is InChI=1S/C11H18N2O/c1-8(6-13-2)10-5-9(7-14)3-4-11(10)12/h3-4,6,10,13-14H,5,7,12H2,1-2H3/b8-6+. The van der Waals surface area contributed by atoms with Crippen LogP contribution in [0, 0.1) is 5.92 Å². The molecule has 0 aromatic rings. The molecule has 0 aromatic carbocycles. The van der Waals surface area contributed by atoms with Crippen LogP contribution in [0.3, 0.4) is 0 Å². The van der Waals surface area contributed by atoms with E-state index in [1.807, 2.05) is 32.3 Å². The number of nitrogens with one attached hydrogen (secondary N) is 1. The Kier molecular flexibility index (Phi) is 3.77. The zero-order valence-electron chi connectivity index (χ0n) is 8.75. The zero-order chi connectivity index (χ0) is 10.6. The number of hydrogen-bond donors (Lipinski definition) is 3. The van der Waals surface area contributed by atoms with Crippen LogP contribution in [0.5, 0.6) is 0 Å². The quantitative estimate of drug-likeness (QED) is 0.625. The van der Waals surface area contributed by atoms with Gasteiger partial charge in [0.1, 0.15) is 0 Å². The first-order valence-corrected chi connectivity index (χ1v) is 4.79. The molecule has 1 unspecified atom stereocenters. The lowest BCUT2D eigenvalue weighted by Crippen LogP contribution is -2.18. The van der Waals surface area contributed by atoms with E-state index in [9.17, 15) is 0 Å². The molecular weight excluding hydrogens is 176 g/mol. The Morgan fingerprint density at radius 3 is 3.00 bits per heavy atom. The molecule has 0 heterocycles. The van der Waals surface area contributed by atoms with Crippen LogP contribution < -0.4 is 11.1 Å². The first kappa shape index (κ1) is 10.9. The summed E-state index contributed by atoms with van der Waals surface area (Å²) < 4.78 is 0. The van der Waals surface area contributed by atoms with E-state index in [-0.39, 0.29) is 12.5 Å². The fraction of sp³-hybridized carbons (Fsp3) is 0.455. The number of allylic oxidation sites excluding steroid dienone is 3. The van der Waals surface area contributed by atoms with Gasteiger partial charge >= 0.3 is 0 Å². The Labute approximate surface area is 85.0 Å². The van der Waals surface area contributed by atoms with E-state index in [4.69, 9.17) is 10.8 Å². The smallest absolute Gasteiger partial charge is 0.0645 e. The van der Waals surface area contributed by atoms with Gasteiger partial charge in [-0.05, 0) is 36.8 Å². The van der Waals surface area contributed by atoms with Gasteiger partial charge in [0.05, 0.1) is 6.61 Å². The highest BCUT2D eigenvalue weighted by atomic mass is 16.3. The summed E-state index contributed by atoms with van der Waals surface area (Å²) in [5.74, 6) is 0.231. The van der Waals surface area contributed by atoms with Crippen molar-refractivity contribution in [1.29, 1.82) is 0 Å². The topological polar surface area (TPSA) is 58.3 Å². The minimum Gasteiger partial charge on any atom is -0.402 e. The highest BCUT2D eigenvalue weighted by molar-refractivity contribution is 5.30. The molecule has 0 radical (unpaired) electrons. The van der Waals surface area contributed by atoms with Gasteiger partial charge in [0.15, 0.2) is 0 Å². The molecule has 1 rings (SSSR count). The molecule has 0 aromatic heterocycles. The molecular formula is C11H18N2O. The second-order valence-electron chi connectivity index (χ2n) is 3.58. The molecule has 0 saturated heterocycles. The molecule has 3 nitrogen and oxygen atoms in total. The maximum atomic E-state index is 9.03. The average Bonchev–Trinajstić information content (AvgIpc) is 2.19. The maximum absolute atomic E-state index is 9.03. The molecule has 0 fully saturated rings. The third-order valence-electron chi connectivity index (χ3n) is 2.50. The van der Waals surface area contributed by atoms with Crippen molar-refractivity contribution in [3.05, 3.63) is 35.2 Å². The predicted molar refractivity (Wildman–Crippen MR) is 58.4 cm³/mol. The van der Waals surface area contributed by atoms with Gasteiger partial charge in [-0.2, -0.15) is 0 Å². The Hall–Kier alpha value is -1.22. The Balaban J connectivity index is 2.79. The van der Waals surface area contributed by atoms with Gasteiger partial charge in [-0.25, -0.2) is 0 Å². The van der Waals surface area contributed by atoms with Crippen molar-refractivity contribution in [2.24, 2.45) is 11.7 Å². The van der Waals surface area contributed by atoms with E-state index >= 15 is 0 Å². The third-order valence-corrected chi connectivity index (χ3v) is 2.50. The lowest BCUT2D eigenvalue weighted by molar-refractivity contribution is 0.323. The summed E-state index contributed by atoms with van der Waals surface area (Å²) in [5.41, 5.74) is 8.99. The molecule has 14 heavy (non-hydrogen) atoms. The zero-order valence-corrected chi connectivity index (χ0v) is 8.75. The van der Waals surface area contributed by atoms with E-state index in [0.717, 1.165) is 17.7 Å². The Morgan fingerprint density at radius 2 is 2.43 bits per heavy atom. The minimum atomic E-state index is 0.118. The fourth-order valence-electron chi connectivity index (χ4n) is 1.65. The molecule has 1 aliphatic carbocycles. The molecule has 78 valence electrons. The number of aliphatic hydroxyl groups excluding tert-OH is 1. The number of aliphatic hydroxyl groups is 1. The van der Waals surface area contributed by atoms with Crippen molar-refractivity contribution in [2.75, 3.05) is 13.7 Å². The van der Waals surface area contributed by atoms with Crippen LogP contribution in [0.1, 0.15) is 13.3 Å². The summed E-state index contributed by atoms with van der Waals surface area (Å²) in [6, 6.07) is 0. The molecule has 1 atom stereocenters.